The van der Waals surface area contributed by atoms with E-state index in [1.807, 2.05) is 48.1 Å². The van der Waals surface area contributed by atoms with Crippen molar-refractivity contribution in [1.29, 1.82) is 0 Å². The van der Waals surface area contributed by atoms with Gasteiger partial charge in [0.2, 0.25) is 0 Å². The number of hydrogen-bond acceptors (Lipinski definition) is 3. The predicted octanol–water partition coefficient (Wildman–Crippen LogP) is 4.13. The molecule has 1 atom stereocenters. The van der Waals surface area contributed by atoms with E-state index in [0.717, 1.165) is 22.4 Å². The lowest BCUT2D eigenvalue weighted by molar-refractivity contribution is -0.112. The highest BCUT2D eigenvalue weighted by molar-refractivity contribution is 6.41. The van der Waals surface area contributed by atoms with Gasteiger partial charge in [-0.25, -0.2) is 4.99 Å². The van der Waals surface area contributed by atoms with Gasteiger partial charge >= 0.3 is 0 Å². The van der Waals surface area contributed by atoms with Crippen LogP contribution >= 0.6 is 0 Å². The molecule has 0 N–H and O–H groups in total. The number of benzene rings is 2. The van der Waals surface area contributed by atoms with E-state index in [9.17, 15) is 4.79 Å². The average Bonchev–Trinajstić information content (AvgIpc) is 3.16. The molecule has 0 bridgehead atoms. The van der Waals surface area contributed by atoms with Crippen molar-refractivity contribution in [2.45, 2.75) is 25.8 Å². The Morgan fingerprint density at radius 2 is 1.92 bits per heavy atom. The summed E-state index contributed by atoms with van der Waals surface area (Å²) in [6.45, 7) is 1.97. The normalized spacial score (nSPS) is 14.8. The summed E-state index contributed by atoms with van der Waals surface area (Å²) in [5.74, 6) is 0.127. The largest absolute Gasteiger partial charge is 0.292 e. The summed E-state index contributed by atoms with van der Waals surface area (Å²) in [7, 11) is 0. The molecule has 4 nitrogen and oxygen atoms in total. The lowest BCUT2D eigenvalue weighted by Gasteiger charge is -2.21. The maximum atomic E-state index is 12.2. The predicted molar refractivity (Wildman–Crippen MR) is 98.4 cm³/mol. The number of rotatable bonds is 4. The summed E-state index contributed by atoms with van der Waals surface area (Å²) in [6, 6.07) is 18.4. The van der Waals surface area contributed by atoms with Gasteiger partial charge < -0.3 is 0 Å². The van der Waals surface area contributed by atoms with Crippen molar-refractivity contribution >= 4 is 17.2 Å². The SMILES string of the molecule is CCC1=Nc2ccc(C(c3ccccc3)n3cccn3)cc2CC1=O. The fraction of sp³-hybridized carbons (Fsp3) is 0.190. The van der Waals surface area contributed by atoms with Crippen molar-refractivity contribution in [2.24, 2.45) is 4.99 Å². The third kappa shape index (κ3) is 2.91. The monoisotopic (exact) mass is 329 g/mol. The average molecular weight is 329 g/mol. The number of hydrogen-bond donors (Lipinski definition) is 0. The second-order valence-corrected chi connectivity index (χ2v) is 6.20. The van der Waals surface area contributed by atoms with Crippen molar-refractivity contribution in [3.05, 3.63) is 83.7 Å². The highest BCUT2D eigenvalue weighted by atomic mass is 16.1. The first-order chi connectivity index (χ1) is 12.3. The molecule has 2 heterocycles. The number of aliphatic imine (C=N–C) groups is 1. The fourth-order valence-corrected chi connectivity index (χ4v) is 3.35. The van der Waals surface area contributed by atoms with Gasteiger partial charge in [0.25, 0.3) is 0 Å². The second kappa shape index (κ2) is 6.48. The van der Waals surface area contributed by atoms with Crippen LogP contribution in [0, 0.1) is 0 Å². The van der Waals surface area contributed by atoms with E-state index in [4.69, 9.17) is 0 Å². The summed E-state index contributed by atoms with van der Waals surface area (Å²) in [5.41, 5.74) is 4.84. The summed E-state index contributed by atoms with van der Waals surface area (Å²) in [6.07, 6.45) is 4.86. The van der Waals surface area contributed by atoms with Crippen molar-refractivity contribution in [3.8, 4) is 0 Å². The van der Waals surface area contributed by atoms with E-state index < -0.39 is 0 Å². The molecule has 0 saturated carbocycles. The highest BCUT2D eigenvalue weighted by Gasteiger charge is 2.22. The number of ketones is 1. The summed E-state index contributed by atoms with van der Waals surface area (Å²) >= 11 is 0. The molecule has 0 amide bonds. The van der Waals surface area contributed by atoms with Gasteiger partial charge in [-0.15, -0.1) is 0 Å². The number of carbonyl (C=O) groups excluding carboxylic acids is 1. The van der Waals surface area contributed by atoms with E-state index in [1.54, 1.807) is 6.20 Å². The Bertz CT molecular complexity index is 927. The van der Waals surface area contributed by atoms with E-state index in [-0.39, 0.29) is 11.8 Å². The Balaban J connectivity index is 1.81. The zero-order chi connectivity index (χ0) is 17.2. The molecule has 0 spiro atoms. The molecule has 0 aliphatic carbocycles. The van der Waals surface area contributed by atoms with Gasteiger partial charge in [0.05, 0.1) is 11.4 Å². The standard InChI is InChI=1S/C21H19N3O/c1-2-18-20(25)14-17-13-16(9-10-19(17)23-18)21(24-12-6-11-22-24)15-7-4-3-5-8-15/h3-13,21H,2,14H2,1H3. The van der Waals surface area contributed by atoms with Crippen LogP contribution in [0.15, 0.2) is 72.0 Å². The molecule has 1 unspecified atom stereocenters. The van der Waals surface area contributed by atoms with Crippen molar-refractivity contribution in [3.63, 3.8) is 0 Å². The van der Waals surface area contributed by atoms with Gasteiger partial charge in [0.15, 0.2) is 5.78 Å². The molecule has 25 heavy (non-hydrogen) atoms. The Labute approximate surface area is 146 Å². The molecule has 2 aromatic carbocycles. The van der Waals surface area contributed by atoms with Crippen LogP contribution in [0.3, 0.4) is 0 Å². The Morgan fingerprint density at radius 1 is 1.08 bits per heavy atom. The van der Waals surface area contributed by atoms with Crippen LogP contribution in [-0.4, -0.2) is 21.3 Å². The van der Waals surface area contributed by atoms with E-state index in [0.29, 0.717) is 18.6 Å². The number of nitrogens with zero attached hydrogens (tertiary/aromatic N) is 3. The van der Waals surface area contributed by atoms with E-state index in [1.165, 1.54) is 0 Å². The van der Waals surface area contributed by atoms with Crippen LogP contribution in [0.25, 0.3) is 0 Å². The smallest absolute Gasteiger partial charge is 0.181 e. The van der Waals surface area contributed by atoms with Gasteiger partial charge in [-0.3, -0.25) is 9.48 Å². The van der Waals surface area contributed by atoms with Crippen LogP contribution in [0.5, 0.6) is 0 Å². The second-order valence-electron chi connectivity index (χ2n) is 6.20. The number of fused-ring (bicyclic) bond motifs is 1. The van der Waals surface area contributed by atoms with Crippen LogP contribution < -0.4 is 0 Å². The van der Waals surface area contributed by atoms with Crippen LogP contribution in [0.1, 0.15) is 36.1 Å². The minimum atomic E-state index is -0.0202. The Morgan fingerprint density at radius 3 is 2.64 bits per heavy atom. The summed E-state index contributed by atoms with van der Waals surface area (Å²) < 4.78 is 1.95. The van der Waals surface area contributed by atoms with Gasteiger partial charge in [0.1, 0.15) is 6.04 Å². The molecular weight excluding hydrogens is 310 g/mol. The topological polar surface area (TPSA) is 47.2 Å². The Kier molecular flexibility index (Phi) is 4.02. The minimum absolute atomic E-state index is 0.0202. The van der Waals surface area contributed by atoms with Gasteiger partial charge in [-0.05, 0) is 35.2 Å². The molecule has 4 heteroatoms. The summed E-state index contributed by atoms with van der Waals surface area (Å²) in [5, 5.41) is 4.44. The molecule has 4 rings (SSSR count). The zero-order valence-corrected chi connectivity index (χ0v) is 14.1. The zero-order valence-electron chi connectivity index (χ0n) is 14.1. The minimum Gasteiger partial charge on any atom is -0.292 e. The Hall–Kier alpha value is -3.01. The van der Waals surface area contributed by atoms with E-state index in [2.05, 4.69) is 34.4 Å². The van der Waals surface area contributed by atoms with Crippen LogP contribution in [0.4, 0.5) is 5.69 Å². The van der Waals surface area contributed by atoms with Crippen LogP contribution in [0.2, 0.25) is 0 Å². The van der Waals surface area contributed by atoms with Crippen molar-refractivity contribution in [2.75, 3.05) is 0 Å². The quantitative estimate of drug-likeness (QED) is 0.722. The molecule has 0 saturated heterocycles. The first kappa shape index (κ1) is 15.5. The van der Waals surface area contributed by atoms with Gasteiger partial charge in [-0.2, -0.15) is 5.10 Å². The highest BCUT2D eigenvalue weighted by Crippen LogP contribution is 2.32. The number of aromatic nitrogens is 2. The molecule has 1 aliphatic rings. The molecule has 0 radical (unpaired) electrons. The third-order valence-corrected chi connectivity index (χ3v) is 4.59. The van der Waals surface area contributed by atoms with Crippen molar-refractivity contribution in [1.82, 2.24) is 9.78 Å². The number of Topliss-reactive ketones (excluding diaryl/α,β-unsaturated/α-hetero) is 1. The lowest BCUT2D eigenvalue weighted by atomic mass is 9.92. The molecule has 3 aromatic rings. The fourth-order valence-electron chi connectivity index (χ4n) is 3.35. The molecule has 0 fully saturated rings. The maximum absolute atomic E-state index is 12.2. The first-order valence-corrected chi connectivity index (χ1v) is 8.54. The molecular formula is C21H19N3O. The first-order valence-electron chi connectivity index (χ1n) is 8.54. The molecule has 1 aliphatic heterocycles. The van der Waals surface area contributed by atoms with E-state index >= 15 is 0 Å². The number of carbonyl (C=O) groups is 1. The molecule has 124 valence electrons. The van der Waals surface area contributed by atoms with Crippen molar-refractivity contribution < 1.29 is 4.79 Å². The summed E-state index contributed by atoms with van der Waals surface area (Å²) in [4.78, 5) is 16.7. The van der Waals surface area contributed by atoms with Crippen LogP contribution in [-0.2, 0) is 11.2 Å². The lowest BCUT2D eigenvalue weighted by Crippen LogP contribution is -2.20. The van der Waals surface area contributed by atoms with Gasteiger partial charge in [-0.1, -0.05) is 49.4 Å². The van der Waals surface area contributed by atoms with Gasteiger partial charge in [0, 0.05) is 18.8 Å². The third-order valence-electron chi connectivity index (χ3n) is 4.59. The molecule has 1 aromatic heterocycles. The maximum Gasteiger partial charge on any atom is 0.181 e.